The Bertz CT molecular complexity index is 1440. The number of halogens is 1. The Labute approximate surface area is 218 Å². The zero-order valence-electron chi connectivity index (χ0n) is 21.4. The Morgan fingerprint density at radius 1 is 0.947 bits per heavy atom. The number of hydrogen-bond donors (Lipinski definition) is 0. The van der Waals surface area contributed by atoms with Crippen LogP contribution < -0.4 is 14.2 Å². The number of methoxy groups -OCH3 is 3. The predicted octanol–water partition coefficient (Wildman–Crippen LogP) is 6.21. The van der Waals surface area contributed by atoms with Crippen LogP contribution in [0.4, 0.5) is 10.1 Å². The van der Waals surface area contributed by atoms with Gasteiger partial charge in [-0.1, -0.05) is 30.3 Å². The lowest BCUT2D eigenvalue weighted by molar-refractivity contribution is -0.386. The van der Waals surface area contributed by atoms with Crippen LogP contribution in [0.2, 0.25) is 0 Å². The summed E-state index contributed by atoms with van der Waals surface area (Å²) in [6.07, 6.45) is 1.30. The first-order chi connectivity index (χ1) is 18.3. The number of benzene rings is 3. The van der Waals surface area contributed by atoms with Crippen LogP contribution in [-0.4, -0.2) is 37.0 Å². The molecule has 0 amide bonds. The van der Waals surface area contributed by atoms with Gasteiger partial charge < -0.3 is 23.7 Å². The summed E-state index contributed by atoms with van der Waals surface area (Å²) in [7, 11) is 4.27. The fourth-order valence-corrected chi connectivity index (χ4v) is 3.90. The lowest BCUT2D eigenvalue weighted by Gasteiger charge is -2.26. The highest BCUT2D eigenvalue weighted by molar-refractivity contribution is 5.88. The van der Waals surface area contributed by atoms with E-state index in [4.69, 9.17) is 23.7 Å². The standard InChI is InChI=1S/C28H27FN2O7/c1-28(35-3,36-4)16-20-22(31(32)33)10-11-24(27(20)29)38-23-12-13-30-21-15-26(25(34-2)14-19(21)23)37-17-18-8-6-5-7-9-18/h5-15H,16-17H2,1-4H3. The Balaban J connectivity index is 1.70. The highest BCUT2D eigenvalue weighted by Gasteiger charge is 2.32. The lowest BCUT2D eigenvalue weighted by atomic mass is 10.0. The molecule has 0 unspecified atom stereocenters. The van der Waals surface area contributed by atoms with Crippen molar-refractivity contribution in [3.8, 4) is 23.0 Å². The summed E-state index contributed by atoms with van der Waals surface area (Å²) in [5.41, 5.74) is 0.908. The second-order valence-electron chi connectivity index (χ2n) is 8.56. The lowest BCUT2D eigenvalue weighted by Crippen LogP contribution is -2.33. The van der Waals surface area contributed by atoms with Crippen molar-refractivity contribution < 1.29 is 33.0 Å². The Morgan fingerprint density at radius 3 is 2.34 bits per heavy atom. The molecule has 0 N–H and O–H groups in total. The Morgan fingerprint density at radius 2 is 1.68 bits per heavy atom. The minimum atomic E-state index is -1.28. The number of nitro benzene ring substituents is 1. The van der Waals surface area contributed by atoms with Crippen molar-refractivity contribution in [2.24, 2.45) is 0 Å². The third kappa shape index (κ3) is 5.66. The number of fused-ring (bicyclic) bond motifs is 1. The number of rotatable bonds is 11. The fraction of sp³-hybridized carbons (Fsp3) is 0.250. The van der Waals surface area contributed by atoms with E-state index in [1.807, 2.05) is 30.3 Å². The van der Waals surface area contributed by atoms with Gasteiger partial charge in [0.1, 0.15) is 12.4 Å². The van der Waals surface area contributed by atoms with Gasteiger partial charge in [0, 0.05) is 44.4 Å². The van der Waals surface area contributed by atoms with Crippen molar-refractivity contribution in [3.63, 3.8) is 0 Å². The highest BCUT2D eigenvalue weighted by Crippen LogP contribution is 2.39. The van der Waals surface area contributed by atoms with E-state index in [2.05, 4.69) is 4.98 Å². The van der Waals surface area contributed by atoms with Crippen molar-refractivity contribution in [2.75, 3.05) is 21.3 Å². The Kier molecular flexibility index (Phi) is 8.04. The average molecular weight is 523 g/mol. The van der Waals surface area contributed by atoms with Gasteiger partial charge in [-0.3, -0.25) is 15.1 Å². The highest BCUT2D eigenvalue weighted by atomic mass is 19.1. The summed E-state index contributed by atoms with van der Waals surface area (Å²) in [6, 6.07) is 17.1. The summed E-state index contributed by atoms with van der Waals surface area (Å²) in [5.74, 6) is -1.17. The summed E-state index contributed by atoms with van der Waals surface area (Å²) in [6.45, 7) is 1.89. The summed E-state index contributed by atoms with van der Waals surface area (Å²) in [4.78, 5) is 15.3. The molecule has 9 nitrogen and oxygen atoms in total. The van der Waals surface area contributed by atoms with Gasteiger partial charge in [-0.2, -0.15) is 0 Å². The van der Waals surface area contributed by atoms with Crippen molar-refractivity contribution in [1.82, 2.24) is 4.98 Å². The van der Waals surface area contributed by atoms with E-state index in [1.54, 1.807) is 25.1 Å². The van der Waals surface area contributed by atoms with E-state index in [9.17, 15) is 10.1 Å². The molecule has 0 radical (unpaired) electrons. The van der Waals surface area contributed by atoms with Gasteiger partial charge in [0.25, 0.3) is 5.69 Å². The van der Waals surface area contributed by atoms with Gasteiger partial charge in [0.05, 0.1) is 23.1 Å². The fourth-order valence-electron chi connectivity index (χ4n) is 3.90. The topological polar surface area (TPSA) is 102 Å². The van der Waals surface area contributed by atoms with Crippen LogP contribution in [0, 0.1) is 15.9 Å². The molecule has 4 aromatic rings. The third-order valence-corrected chi connectivity index (χ3v) is 6.19. The summed E-state index contributed by atoms with van der Waals surface area (Å²) < 4.78 is 43.7. The van der Waals surface area contributed by atoms with Gasteiger partial charge in [0.15, 0.2) is 28.9 Å². The quantitative estimate of drug-likeness (QED) is 0.130. The summed E-state index contributed by atoms with van der Waals surface area (Å²) in [5, 5.41) is 12.1. The number of nitrogens with zero attached hydrogens (tertiary/aromatic N) is 2. The molecule has 0 spiro atoms. The smallest absolute Gasteiger partial charge is 0.276 e. The molecule has 3 aromatic carbocycles. The molecule has 0 bridgehead atoms. The van der Waals surface area contributed by atoms with E-state index in [0.717, 1.165) is 5.56 Å². The SMILES string of the molecule is COc1cc2c(Oc3ccc([N+](=O)[O-])c(CC(C)(OC)OC)c3F)ccnc2cc1OCc1ccccc1. The van der Waals surface area contributed by atoms with Gasteiger partial charge >= 0.3 is 0 Å². The van der Waals surface area contributed by atoms with Gasteiger partial charge in [-0.15, -0.1) is 0 Å². The average Bonchev–Trinajstić information content (AvgIpc) is 2.94. The first kappa shape index (κ1) is 26.8. The second kappa shape index (κ2) is 11.4. The monoisotopic (exact) mass is 522 g/mol. The molecular weight excluding hydrogens is 495 g/mol. The second-order valence-corrected chi connectivity index (χ2v) is 8.56. The zero-order chi connectivity index (χ0) is 27.3. The van der Waals surface area contributed by atoms with E-state index < -0.39 is 22.2 Å². The van der Waals surface area contributed by atoms with Crippen LogP contribution >= 0.6 is 0 Å². The van der Waals surface area contributed by atoms with Crippen molar-refractivity contribution in [1.29, 1.82) is 0 Å². The largest absolute Gasteiger partial charge is 0.493 e. The molecule has 1 aromatic heterocycles. The molecule has 1 heterocycles. The number of pyridine rings is 1. The van der Waals surface area contributed by atoms with E-state index >= 15 is 4.39 Å². The molecule has 0 aliphatic heterocycles. The number of ether oxygens (including phenoxy) is 5. The third-order valence-electron chi connectivity index (χ3n) is 6.19. The molecule has 0 saturated heterocycles. The summed E-state index contributed by atoms with van der Waals surface area (Å²) >= 11 is 0. The van der Waals surface area contributed by atoms with E-state index in [-0.39, 0.29) is 23.5 Å². The van der Waals surface area contributed by atoms with Gasteiger partial charge in [-0.05, 0) is 30.7 Å². The van der Waals surface area contributed by atoms with Crippen LogP contribution in [0.25, 0.3) is 10.9 Å². The molecule has 0 aliphatic rings. The van der Waals surface area contributed by atoms with Gasteiger partial charge in [-0.25, -0.2) is 4.39 Å². The zero-order valence-corrected chi connectivity index (χ0v) is 21.4. The number of nitro groups is 1. The molecular formula is C28H27FN2O7. The van der Waals surface area contributed by atoms with Crippen LogP contribution in [0.5, 0.6) is 23.0 Å². The van der Waals surface area contributed by atoms with Crippen LogP contribution in [0.3, 0.4) is 0 Å². The molecule has 0 fully saturated rings. The van der Waals surface area contributed by atoms with Crippen molar-refractivity contribution >= 4 is 16.6 Å². The first-order valence-electron chi connectivity index (χ1n) is 11.7. The minimum absolute atomic E-state index is 0.198. The Hall–Kier alpha value is -4.28. The first-order valence-corrected chi connectivity index (χ1v) is 11.7. The molecule has 0 aliphatic carbocycles. The number of aromatic nitrogens is 1. The molecule has 4 rings (SSSR count). The molecule has 10 heteroatoms. The van der Waals surface area contributed by atoms with Crippen LogP contribution in [0.1, 0.15) is 18.1 Å². The number of hydrogen-bond acceptors (Lipinski definition) is 8. The maximum absolute atomic E-state index is 15.7. The maximum Gasteiger partial charge on any atom is 0.276 e. The molecule has 0 saturated carbocycles. The van der Waals surface area contributed by atoms with Crippen LogP contribution in [0.15, 0.2) is 66.9 Å². The molecule has 0 atom stereocenters. The molecule has 38 heavy (non-hydrogen) atoms. The van der Waals surface area contributed by atoms with Crippen LogP contribution in [-0.2, 0) is 22.5 Å². The van der Waals surface area contributed by atoms with Crippen molar-refractivity contribution in [3.05, 3.63) is 93.9 Å². The minimum Gasteiger partial charge on any atom is -0.493 e. The molecule has 198 valence electrons. The normalized spacial score (nSPS) is 11.4. The van der Waals surface area contributed by atoms with E-state index in [0.29, 0.717) is 29.0 Å². The van der Waals surface area contributed by atoms with Crippen molar-refractivity contribution in [2.45, 2.75) is 25.7 Å². The van der Waals surface area contributed by atoms with E-state index in [1.165, 1.54) is 39.7 Å². The maximum atomic E-state index is 15.7. The van der Waals surface area contributed by atoms with Gasteiger partial charge in [0.2, 0.25) is 0 Å². The predicted molar refractivity (Wildman–Crippen MR) is 138 cm³/mol.